The van der Waals surface area contributed by atoms with Crippen molar-refractivity contribution in [3.63, 3.8) is 0 Å². The molecule has 0 aliphatic heterocycles. The molecule has 0 spiro atoms. The van der Waals surface area contributed by atoms with Crippen molar-refractivity contribution in [2.45, 2.75) is 72.4 Å². The second-order valence-corrected chi connectivity index (χ2v) is 6.61. The van der Waals surface area contributed by atoms with Crippen molar-refractivity contribution in [1.82, 2.24) is 9.47 Å². The summed E-state index contributed by atoms with van der Waals surface area (Å²) in [5.41, 5.74) is 2.76. The van der Waals surface area contributed by atoms with Gasteiger partial charge in [-0.05, 0) is 46.1 Å². The molecule has 1 saturated carbocycles. The van der Waals surface area contributed by atoms with Crippen molar-refractivity contribution in [2.24, 2.45) is 0 Å². The molecule has 1 aliphatic rings. The first kappa shape index (κ1) is 18.6. The smallest absolute Gasteiger partial charge is 0.355 e. The first-order valence-electron chi connectivity index (χ1n) is 9.07. The van der Waals surface area contributed by atoms with Gasteiger partial charge < -0.3 is 14.2 Å². The molecule has 0 unspecified atom stereocenters. The zero-order chi connectivity index (χ0) is 17.9. The van der Waals surface area contributed by atoms with Crippen LogP contribution >= 0.6 is 0 Å². The van der Waals surface area contributed by atoms with E-state index in [1.807, 2.05) is 37.3 Å². The van der Waals surface area contributed by atoms with E-state index in [4.69, 9.17) is 4.74 Å². The highest BCUT2D eigenvalue weighted by atomic mass is 16.5. The van der Waals surface area contributed by atoms with E-state index in [1.165, 1.54) is 19.3 Å². The Balaban J connectivity index is 2.38. The third-order valence-electron chi connectivity index (χ3n) is 5.21. The molecule has 24 heavy (non-hydrogen) atoms. The van der Waals surface area contributed by atoms with Gasteiger partial charge in [-0.3, -0.25) is 4.79 Å². The number of ether oxygens (including phenoxy) is 1. The fraction of sp³-hybridized carbons (Fsp3) is 0.684. The lowest BCUT2D eigenvalue weighted by atomic mass is 9.94. The van der Waals surface area contributed by atoms with Crippen molar-refractivity contribution in [3.05, 3.63) is 22.5 Å². The van der Waals surface area contributed by atoms with Crippen LogP contribution in [0.3, 0.4) is 0 Å². The van der Waals surface area contributed by atoms with Crippen molar-refractivity contribution >= 4 is 11.9 Å². The van der Waals surface area contributed by atoms with E-state index in [0.29, 0.717) is 30.5 Å². The van der Waals surface area contributed by atoms with Crippen molar-refractivity contribution in [2.75, 3.05) is 13.7 Å². The van der Waals surface area contributed by atoms with E-state index in [1.54, 1.807) is 6.92 Å². The predicted octanol–water partition coefficient (Wildman–Crippen LogP) is 3.71. The molecule has 5 nitrogen and oxygen atoms in total. The number of rotatable bonds is 5. The maximum Gasteiger partial charge on any atom is 0.355 e. The Morgan fingerprint density at radius 1 is 1.17 bits per heavy atom. The van der Waals surface area contributed by atoms with Gasteiger partial charge in [0.05, 0.1) is 12.2 Å². The molecule has 0 radical (unpaired) electrons. The van der Waals surface area contributed by atoms with Gasteiger partial charge in [-0.15, -0.1) is 0 Å². The number of carbonyl (C=O) groups is 2. The third-order valence-corrected chi connectivity index (χ3v) is 5.21. The molecular formula is C19H30N2O3. The van der Waals surface area contributed by atoms with Crippen molar-refractivity contribution in [3.8, 4) is 0 Å². The number of hydrogen-bond acceptors (Lipinski definition) is 3. The number of amides is 1. The summed E-state index contributed by atoms with van der Waals surface area (Å²) >= 11 is 0. The van der Waals surface area contributed by atoms with Crippen LogP contribution in [0.4, 0.5) is 0 Å². The van der Waals surface area contributed by atoms with Crippen LogP contribution in [0.1, 0.15) is 78.1 Å². The lowest BCUT2D eigenvalue weighted by molar-refractivity contribution is 0.0512. The molecule has 1 heterocycles. The normalized spacial score (nSPS) is 15.4. The summed E-state index contributed by atoms with van der Waals surface area (Å²) in [4.78, 5) is 27.3. The number of esters is 1. The Morgan fingerprint density at radius 3 is 2.33 bits per heavy atom. The van der Waals surface area contributed by atoms with Gasteiger partial charge in [-0.25, -0.2) is 4.79 Å². The minimum Gasteiger partial charge on any atom is -0.461 e. The van der Waals surface area contributed by atoms with Crippen LogP contribution in [0.5, 0.6) is 0 Å². The van der Waals surface area contributed by atoms with Crippen LogP contribution in [-0.4, -0.2) is 41.0 Å². The summed E-state index contributed by atoms with van der Waals surface area (Å²) in [7, 11) is 1.89. The van der Waals surface area contributed by atoms with Gasteiger partial charge in [-0.1, -0.05) is 19.3 Å². The average Bonchev–Trinajstić information content (AvgIpc) is 2.84. The lowest BCUT2D eigenvalue weighted by Crippen LogP contribution is -2.38. The molecule has 0 aromatic carbocycles. The lowest BCUT2D eigenvalue weighted by Gasteiger charge is -2.31. The van der Waals surface area contributed by atoms with E-state index >= 15 is 0 Å². The predicted molar refractivity (Wildman–Crippen MR) is 94.5 cm³/mol. The number of aromatic nitrogens is 1. The molecule has 0 saturated heterocycles. The summed E-state index contributed by atoms with van der Waals surface area (Å²) < 4.78 is 7.09. The topological polar surface area (TPSA) is 51.5 Å². The number of nitrogens with zero attached hydrogens (tertiary/aromatic N) is 2. The molecule has 2 rings (SSSR count). The molecule has 1 aliphatic carbocycles. The van der Waals surface area contributed by atoms with Gasteiger partial charge in [0.15, 0.2) is 0 Å². The van der Waals surface area contributed by atoms with Crippen LogP contribution in [0.2, 0.25) is 0 Å². The molecule has 1 fully saturated rings. The van der Waals surface area contributed by atoms with Crippen LogP contribution in [0.15, 0.2) is 0 Å². The first-order valence-corrected chi connectivity index (χ1v) is 9.07. The molecule has 0 atom stereocenters. The summed E-state index contributed by atoms with van der Waals surface area (Å²) in [6, 6.07) is 0.307. The largest absolute Gasteiger partial charge is 0.461 e. The Hall–Kier alpha value is -1.78. The van der Waals surface area contributed by atoms with Crippen LogP contribution in [0.25, 0.3) is 0 Å². The third kappa shape index (κ3) is 3.35. The van der Waals surface area contributed by atoms with Gasteiger partial charge in [0.25, 0.3) is 5.91 Å². The maximum atomic E-state index is 13.1. The monoisotopic (exact) mass is 334 g/mol. The SMILES string of the molecule is CCOC(=O)c1c(C)c(C(=O)N(C)C2CCCCC2)c(C)n1CC. The van der Waals surface area contributed by atoms with Gasteiger partial charge >= 0.3 is 5.97 Å². The standard InChI is InChI=1S/C19H30N2O3/c1-6-21-14(4)16(13(3)17(21)19(23)24-7-2)18(22)20(5)15-11-9-8-10-12-15/h15H,6-12H2,1-5H3. The van der Waals surface area contributed by atoms with E-state index in [-0.39, 0.29) is 11.9 Å². The Labute approximate surface area is 145 Å². The minimum atomic E-state index is -0.348. The van der Waals surface area contributed by atoms with E-state index < -0.39 is 0 Å². The van der Waals surface area contributed by atoms with Gasteiger partial charge in [0.1, 0.15) is 5.69 Å². The minimum absolute atomic E-state index is 0.0228. The van der Waals surface area contributed by atoms with Crippen molar-refractivity contribution < 1.29 is 14.3 Å². The highest BCUT2D eigenvalue weighted by Crippen LogP contribution is 2.28. The fourth-order valence-corrected chi connectivity index (χ4v) is 3.88. The van der Waals surface area contributed by atoms with Gasteiger partial charge in [-0.2, -0.15) is 0 Å². The summed E-state index contributed by atoms with van der Waals surface area (Å²) in [5, 5.41) is 0. The second-order valence-electron chi connectivity index (χ2n) is 6.61. The van der Waals surface area contributed by atoms with Crippen LogP contribution in [0, 0.1) is 13.8 Å². The van der Waals surface area contributed by atoms with Gasteiger partial charge in [0, 0.05) is 25.3 Å². The molecule has 1 amide bonds. The highest BCUT2D eigenvalue weighted by molar-refractivity contribution is 6.01. The number of carbonyl (C=O) groups excluding carboxylic acids is 2. The molecule has 1 aromatic heterocycles. The maximum absolute atomic E-state index is 13.1. The summed E-state index contributed by atoms with van der Waals surface area (Å²) in [5.74, 6) is -0.325. The Morgan fingerprint density at radius 2 is 1.79 bits per heavy atom. The first-order chi connectivity index (χ1) is 11.4. The molecule has 1 aromatic rings. The molecular weight excluding hydrogens is 304 g/mol. The van der Waals surface area contributed by atoms with E-state index in [0.717, 1.165) is 24.1 Å². The molecule has 5 heteroatoms. The van der Waals surface area contributed by atoms with E-state index in [2.05, 4.69) is 0 Å². The second kappa shape index (κ2) is 7.86. The highest BCUT2D eigenvalue weighted by Gasteiger charge is 2.30. The van der Waals surface area contributed by atoms with E-state index in [9.17, 15) is 9.59 Å². The van der Waals surface area contributed by atoms with Gasteiger partial charge in [0.2, 0.25) is 0 Å². The average molecular weight is 334 g/mol. The molecule has 134 valence electrons. The zero-order valence-corrected chi connectivity index (χ0v) is 15.6. The quantitative estimate of drug-likeness (QED) is 0.771. The van der Waals surface area contributed by atoms with Crippen LogP contribution in [-0.2, 0) is 11.3 Å². The molecule has 0 bridgehead atoms. The Kier molecular flexibility index (Phi) is 6.08. The van der Waals surface area contributed by atoms with Crippen molar-refractivity contribution in [1.29, 1.82) is 0 Å². The zero-order valence-electron chi connectivity index (χ0n) is 15.6. The fourth-order valence-electron chi connectivity index (χ4n) is 3.88. The summed E-state index contributed by atoms with van der Waals surface area (Å²) in [6.45, 7) is 8.52. The molecule has 0 N–H and O–H groups in total. The van der Waals surface area contributed by atoms with Crippen LogP contribution < -0.4 is 0 Å². The Bertz CT molecular complexity index is 613. The summed E-state index contributed by atoms with van der Waals surface area (Å²) in [6.07, 6.45) is 5.77. The number of hydrogen-bond donors (Lipinski definition) is 0.